The lowest BCUT2D eigenvalue weighted by molar-refractivity contribution is 0.629. The average molecular weight is 343 g/mol. The number of hydrogen-bond acceptors (Lipinski definition) is 2. The quantitative estimate of drug-likeness (QED) is 0.591. The molecule has 2 nitrogen and oxygen atoms in total. The Morgan fingerprint density at radius 2 is 2.05 bits per heavy atom. The first-order valence-corrected chi connectivity index (χ1v) is 8.18. The number of benzene rings is 1. The molecule has 0 radical (unpaired) electrons. The molecule has 21 heavy (non-hydrogen) atoms. The molecule has 1 aromatic carbocycles. The van der Waals surface area contributed by atoms with Crippen LogP contribution in [0.1, 0.15) is 21.1 Å². The van der Waals surface area contributed by atoms with Crippen LogP contribution in [0.5, 0.6) is 0 Å². The molecule has 0 aliphatic carbocycles. The van der Waals surface area contributed by atoms with Gasteiger partial charge in [-0.25, -0.2) is 9.37 Å². The fourth-order valence-corrected chi connectivity index (χ4v) is 3.74. The van der Waals surface area contributed by atoms with Crippen LogP contribution in [0.4, 0.5) is 4.39 Å². The Bertz CT molecular complexity index is 803. The van der Waals surface area contributed by atoms with Gasteiger partial charge in [-0.05, 0) is 31.5 Å². The fourth-order valence-electron chi connectivity index (χ4n) is 2.33. The average Bonchev–Trinajstić information content (AvgIpc) is 2.92. The van der Waals surface area contributed by atoms with E-state index < -0.39 is 5.82 Å². The van der Waals surface area contributed by atoms with Crippen molar-refractivity contribution in [3.63, 3.8) is 0 Å². The Labute approximate surface area is 136 Å². The highest BCUT2D eigenvalue weighted by Crippen LogP contribution is 2.27. The third kappa shape index (κ3) is 2.68. The minimum Gasteiger partial charge on any atom is -0.322 e. The monoisotopic (exact) mass is 342 g/mol. The van der Waals surface area contributed by atoms with E-state index in [9.17, 15) is 4.39 Å². The van der Waals surface area contributed by atoms with E-state index in [2.05, 4.69) is 24.9 Å². The Morgan fingerprint density at radius 1 is 1.29 bits per heavy atom. The van der Waals surface area contributed by atoms with Gasteiger partial charge in [-0.3, -0.25) is 0 Å². The summed E-state index contributed by atoms with van der Waals surface area (Å²) in [5.41, 5.74) is 2.66. The molecule has 0 aliphatic heterocycles. The van der Waals surface area contributed by atoms with Crippen molar-refractivity contribution in [1.29, 1.82) is 0 Å². The SMILES string of the molecule is Cc1cc(Cn2c(CCl)nc3cc(F)c(Cl)cc32)sc1C. The van der Waals surface area contributed by atoms with Crippen molar-refractivity contribution < 1.29 is 4.39 Å². The number of fused-ring (bicyclic) bond motifs is 1. The smallest absolute Gasteiger partial charge is 0.144 e. The molecule has 6 heteroatoms. The first-order chi connectivity index (χ1) is 9.99. The zero-order valence-electron chi connectivity index (χ0n) is 11.6. The van der Waals surface area contributed by atoms with Crippen molar-refractivity contribution in [3.8, 4) is 0 Å². The normalized spacial score (nSPS) is 11.5. The molecule has 0 unspecified atom stereocenters. The fraction of sp³-hybridized carbons (Fsp3) is 0.267. The van der Waals surface area contributed by atoms with Gasteiger partial charge in [-0.1, -0.05) is 11.6 Å². The van der Waals surface area contributed by atoms with E-state index in [1.165, 1.54) is 21.4 Å². The van der Waals surface area contributed by atoms with E-state index in [1.54, 1.807) is 17.4 Å². The molecule has 3 aromatic rings. The van der Waals surface area contributed by atoms with Crippen molar-refractivity contribution in [2.75, 3.05) is 0 Å². The van der Waals surface area contributed by atoms with Crippen LogP contribution in [0.2, 0.25) is 5.02 Å². The summed E-state index contributed by atoms with van der Waals surface area (Å²) in [6, 6.07) is 5.13. The van der Waals surface area contributed by atoms with Crippen molar-refractivity contribution in [2.24, 2.45) is 0 Å². The molecule has 0 spiro atoms. The molecule has 0 bridgehead atoms. The molecule has 0 aliphatic rings. The minimum absolute atomic E-state index is 0.100. The second-order valence-electron chi connectivity index (χ2n) is 4.95. The van der Waals surface area contributed by atoms with Gasteiger partial charge in [0.1, 0.15) is 11.6 Å². The van der Waals surface area contributed by atoms with Gasteiger partial charge in [0.15, 0.2) is 0 Å². The number of rotatable bonds is 3. The van der Waals surface area contributed by atoms with Gasteiger partial charge in [0.05, 0.1) is 28.5 Å². The third-order valence-electron chi connectivity index (χ3n) is 3.52. The summed E-state index contributed by atoms with van der Waals surface area (Å²) in [7, 11) is 0. The van der Waals surface area contributed by atoms with Gasteiger partial charge in [0, 0.05) is 15.8 Å². The summed E-state index contributed by atoms with van der Waals surface area (Å²) >= 11 is 13.6. The Hall–Kier alpha value is -1.10. The summed E-state index contributed by atoms with van der Waals surface area (Å²) < 4.78 is 15.6. The van der Waals surface area contributed by atoms with Crippen molar-refractivity contribution >= 4 is 45.6 Å². The number of thiophene rings is 1. The lowest BCUT2D eigenvalue weighted by atomic mass is 10.2. The first kappa shape index (κ1) is 14.8. The van der Waals surface area contributed by atoms with Crippen LogP contribution in [0.3, 0.4) is 0 Å². The number of aromatic nitrogens is 2. The van der Waals surface area contributed by atoms with Gasteiger partial charge in [0.2, 0.25) is 0 Å². The van der Waals surface area contributed by atoms with Gasteiger partial charge in [-0.15, -0.1) is 22.9 Å². The maximum atomic E-state index is 13.6. The lowest BCUT2D eigenvalue weighted by Gasteiger charge is -2.06. The maximum absolute atomic E-state index is 13.6. The maximum Gasteiger partial charge on any atom is 0.144 e. The van der Waals surface area contributed by atoms with Crippen molar-refractivity contribution in [1.82, 2.24) is 9.55 Å². The van der Waals surface area contributed by atoms with E-state index in [0.29, 0.717) is 12.1 Å². The molecule has 0 fully saturated rings. The van der Waals surface area contributed by atoms with Crippen LogP contribution in [0, 0.1) is 19.7 Å². The Morgan fingerprint density at radius 3 is 2.67 bits per heavy atom. The van der Waals surface area contributed by atoms with E-state index in [4.69, 9.17) is 23.2 Å². The number of alkyl halides is 1. The highest BCUT2D eigenvalue weighted by atomic mass is 35.5. The first-order valence-electron chi connectivity index (χ1n) is 6.45. The molecule has 2 heterocycles. The zero-order chi connectivity index (χ0) is 15.1. The summed E-state index contributed by atoms with van der Waals surface area (Å²) in [5.74, 6) is 0.534. The number of aryl methyl sites for hydroxylation is 2. The molecule has 0 saturated carbocycles. The predicted molar refractivity (Wildman–Crippen MR) is 87.2 cm³/mol. The molecular formula is C15H13Cl2FN2S. The van der Waals surface area contributed by atoms with Crippen LogP contribution >= 0.6 is 34.5 Å². The standard InChI is InChI=1S/C15H13Cl2FN2S/c1-8-3-10(21-9(8)2)7-20-14-4-11(17)12(18)5-13(14)19-15(20)6-16/h3-5H,6-7H2,1-2H3. The van der Waals surface area contributed by atoms with Gasteiger partial charge in [-0.2, -0.15) is 0 Å². The summed E-state index contributed by atoms with van der Waals surface area (Å²) in [6.45, 7) is 4.86. The van der Waals surface area contributed by atoms with Crippen LogP contribution < -0.4 is 0 Å². The number of hydrogen-bond donors (Lipinski definition) is 0. The van der Waals surface area contributed by atoms with Crippen molar-refractivity contribution in [2.45, 2.75) is 26.3 Å². The minimum atomic E-state index is -0.460. The molecule has 0 amide bonds. The van der Waals surface area contributed by atoms with E-state index in [-0.39, 0.29) is 10.9 Å². The molecule has 110 valence electrons. The van der Waals surface area contributed by atoms with Gasteiger partial charge < -0.3 is 4.57 Å². The van der Waals surface area contributed by atoms with Crippen LogP contribution in [0.15, 0.2) is 18.2 Å². The molecule has 2 aromatic heterocycles. The summed E-state index contributed by atoms with van der Waals surface area (Å²) in [5, 5.41) is 0.100. The number of imidazole rings is 1. The topological polar surface area (TPSA) is 17.8 Å². The zero-order valence-corrected chi connectivity index (χ0v) is 13.9. The highest BCUT2D eigenvalue weighted by molar-refractivity contribution is 7.12. The molecule has 0 N–H and O–H groups in total. The molecular weight excluding hydrogens is 330 g/mol. The lowest BCUT2D eigenvalue weighted by Crippen LogP contribution is -2.02. The Balaban J connectivity index is 2.13. The largest absolute Gasteiger partial charge is 0.322 e. The molecule has 0 saturated heterocycles. The third-order valence-corrected chi connectivity index (χ3v) is 5.19. The van der Waals surface area contributed by atoms with Crippen LogP contribution in [0.25, 0.3) is 11.0 Å². The highest BCUT2D eigenvalue weighted by Gasteiger charge is 2.14. The number of halogens is 3. The Kier molecular flexibility index (Phi) is 3.95. The molecule has 0 atom stereocenters. The van der Waals surface area contributed by atoms with E-state index >= 15 is 0 Å². The number of nitrogens with zero attached hydrogens (tertiary/aromatic N) is 2. The summed E-state index contributed by atoms with van der Waals surface area (Å²) in [4.78, 5) is 6.91. The second-order valence-corrected chi connectivity index (χ2v) is 6.97. The second kappa shape index (κ2) is 5.59. The van der Waals surface area contributed by atoms with E-state index in [1.807, 2.05) is 4.57 Å². The van der Waals surface area contributed by atoms with Crippen LogP contribution in [-0.4, -0.2) is 9.55 Å². The van der Waals surface area contributed by atoms with Crippen molar-refractivity contribution in [3.05, 3.63) is 50.2 Å². The van der Waals surface area contributed by atoms with Crippen LogP contribution in [-0.2, 0) is 12.4 Å². The summed E-state index contributed by atoms with van der Waals surface area (Å²) in [6.07, 6.45) is 0. The van der Waals surface area contributed by atoms with E-state index in [0.717, 1.165) is 11.3 Å². The molecule has 3 rings (SSSR count). The van der Waals surface area contributed by atoms with Gasteiger partial charge in [0.25, 0.3) is 0 Å². The predicted octanol–water partition coefficient (Wildman–Crippen LogP) is 5.29. The van der Waals surface area contributed by atoms with Gasteiger partial charge >= 0.3 is 0 Å².